The molecule has 10 nitrogen and oxygen atoms in total. The van der Waals surface area contributed by atoms with E-state index in [1.807, 2.05) is 41.3 Å². The Morgan fingerprint density at radius 3 is 1.46 bits per heavy atom. The minimum atomic E-state index is -0.238. The second-order valence-electron chi connectivity index (χ2n) is 9.80. The average molecular weight is 527 g/mol. The van der Waals surface area contributed by atoms with Gasteiger partial charge in [0, 0.05) is 60.5 Å². The van der Waals surface area contributed by atoms with Crippen molar-refractivity contribution in [1.82, 2.24) is 9.80 Å². The lowest BCUT2D eigenvalue weighted by Gasteiger charge is -2.39. The monoisotopic (exact) mass is 526 g/mol. The molecule has 3 aromatic carbocycles. The average Bonchev–Trinajstić information content (AvgIpc) is 2.88. The van der Waals surface area contributed by atoms with Crippen molar-refractivity contribution in [2.45, 2.75) is 11.8 Å². The first-order chi connectivity index (χ1) is 18.8. The lowest BCUT2D eigenvalue weighted by molar-refractivity contribution is 0.101. The molecule has 2 amide bonds. The lowest BCUT2D eigenvalue weighted by Crippen LogP contribution is -2.51. The number of amides is 2. The molecule has 0 bridgehead atoms. The molecule has 202 valence electrons. The van der Waals surface area contributed by atoms with E-state index >= 15 is 0 Å². The number of benzene rings is 3. The topological polar surface area (TPSA) is 164 Å². The fourth-order valence-corrected chi connectivity index (χ4v) is 4.65. The Balaban J connectivity index is 0.00000112. The molecular weight excluding hydrogens is 492 g/mol. The molecule has 2 aliphatic heterocycles. The van der Waals surface area contributed by atoms with E-state index < -0.39 is 0 Å². The molecular formula is C29H34N8O2. The molecule has 39 heavy (non-hydrogen) atoms. The van der Waals surface area contributed by atoms with Gasteiger partial charge in [-0.1, -0.05) is 24.3 Å². The molecule has 8 N–H and O–H groups in total. The van der Waals surface area contributed by atoms with E-state index in [0.29, 0.717) is 28.7 Å². The first-order valence-corrected chi connectivity index (χ1v) is 12.7. The minimum absolute atomic E-state index is 0.102. The van der Waals surface area contributed by atoms with Gasteiger partial charge < -0.3 is 31.9 Å². The van der Waals surface area contributed by atoms with Crippen molar-refractivity contribution >= 4 is 35.5 Å². The zero-order valence-corrected chi connectivity index (χ0v) is 21.9. The predicted octanol–water partition coefficient (Wildman–Crippen LogP) is 3.07. The Hall–Kier alpha value is -4.70. The van der Waals surface area contributed by atoms with E-state index in [2.05, 4.69) is 40.4 Å². The molecule has 0 aliphatic carbocycles. The van der Waals surface area contributed by atoms with Crippen molar-refractivity contribution in [3.05, 3.63) is 95.1 Å². The molecule has 3 aromatic rings. The second-order valence-corrected chi connectivity index (χ2v) is 9.80. The SMILES string of the molecule is CN1CC(c2ccc(NC(=O)c3ccc(C(=O)Nc4ccc(C5CN(C(=N)N)C5)cc4)cc3)cc2)C1.N=CN. The first-order valence-electron chi connectivity index (χ1n) is 12.7. The maximum atomic E-state index is 12.7. The van der Waals surface area contributed by atoms with Gasteiger partial charge in [0.15, 0.2) is 5.96 Å². The van der Waals surface area contributed by atoms with E-state index in [4.69, 9.17) is 16.6 Å². The highest BCUT2D eigenvalue weighted by Crippen LogP contribution is 2.28. The molecule has 0 atom stereocenters. The summed E-state index contributed by atoms with van der Waals surface area (Å²) in [5.41, 5.74) is 14.7. The van der Waals surface area contributed by atoms with Crippen molar-refractivity contribution in [3.8, 4) is 0 Å². The first kappa shape index (κ1) is 27.3. The number of nitrogens with zero attached hydrogens (tertiary/aromatic N) is 2. The van der Waals surface area contributed by atoms with Gasteiger partial charge in [0.2, 0.25) is 0 Å². The third-order valence-electron chi connectivity index (χ3n) is 6.98. The molecule has 2 heterocycles. The third kappa shape index (κ3) is 6.79. The molecule has 0 aromatic heterocycles. The molecule has 0 saturated carbocycles. The number of likely N-dealkylation sites (N-methyl/N-ethyl adjacent to an activating group) is 1. The Labute approximate surface area is 228 Å². The summed E-state index contributed by atoms with van der Waals surface area (Å²) in [6.07, 6.45) is 0.750. The molecule has 5 rings (SSSR count). The number of rotatable bonds is 6. The van der Waals surface area contributed by atoms with Crippen molar-refractivity contribution < 1.29 is 9.59 Å². The van der Waals surface area contributed by atoms with Crippen LogP contribution in [0.15, 0.2) is 72.8 Å². The number of nitrogens with two attached hydrogens (primary N) is 2. The van der Waals surface area contributed by atoms with E-state index in [-0.39, 0.29) is 17.8 Å². The largest absolute Gasteiger partial charge is 0.390 e. The van der Waals surface area contributed by atoms with Gasteiger partial charge >= 0.3 is 0 Å². The number of likely N-dealkylation sites (tertiary alicyclic amines) is 2. The van der Waals surface area contributed by atoms with Gasteiger partial charge in [-0.2, -0.15) is 0 Å². The third-order valence-corrected chi connectivity index (χ3v) is 6.98. The Bertz CT molecular complexity index is 1310. The number of guanidine groups is 1. The molecule has 10 heteroatoms. The summed E-state index contributed by atoms with van der Waals surface area (Å²) in [6, 6.07) is 22.3. The van der Waals surface area contributed by atoms with E-state index in [0.717, 1.165) is 43.8 Å². The summed E-state index contributed by atoms with van der Waals surface area (Å²) >= 11 is 0. The maximum Gasteiger partial charge on any atom is 0.255 e. The Kier molecular flexibility index (Phi) is 8.57. The maximum absolute atomic E-state index is 12.7. The van der Waals surface area contributed by atoms with E-state index in [1.54, 1.807) is 24.3 Å². The highest BCUT2D eigenvalue weighted by Gasteiger charge is 2.28. The van der Waals surface area contributed by atoms with Crippen LogP contribution in [0.25, 0.3) is 0 Å². The quantitative estimate of drug-likeness (QED) is 0.213. The summed E-state index contributed by atoms with van der Waals surface area (Å²) in [7, 11) is 2.11. The normalized spacial score (nSPS) is 15.2. The van der Waals surface area contributed by atoms with Crippen molar-refractivity contribution in [2.75, 3.05) is 43.9 Å². The van der Waals surface area contributed by atoms with Crippen LogP contribution in [0, 0.1) is 10.8 Å². The highest BCUT2D eigenvalue weighted by molar-refractivity contribution is 6.07. The fourth-order valence-electron chi connectivity index (χ4n) is 4.65. The Morgan fingerprint density at radius 1 is 0.769 bits per heavy atom. The number of anilines is 2. The summed E-state index contributed by atoms with van der Waals surface area (Å²) in [4.78, 5) is 29.4. The van der Waals surface area contributed by atoms with E-state index in [1.165, 1.54) is 5.56 Å². The summed E-state index contributed by atoms with van der Waals surface area (Å²) in [5, 5.41) is 19.1. The lowest BCUT2D eigenvalue weighted by atomic mass is 9.91. The highest BCUT2D eigenvalue weighted by atomic mass is 16.2. The number of carbonyl (C=O) groups excluding carboxylic acids is 2. The van der Waals surface area contributed by atoms with Crippen LogP contribution in [0.5, 0.6) is 0 Å². The van der Waals surface area contributed by atoms with Crippen molar-refractivity contribution in [2.24, 2.45) is 11.5 Å². The zero-order valence-electron chi connectivity index (χ0n) is 21.9. The second kappa shape index (κ2) is 12.2. The minimum Gasteiger partial charge on any atom is -0.390 e. The van der Waals surface area contributed by atoms with Crippen LogP contribution in [0.1, 0.15) is 43.7 Å². The van der Waals surface area contributed by atoms with Crippen LogP contribution in [0.3, 0.4) is 0 Å². The molecule has 2 aliphatic rings. The molecule has 0 unspecified atom stereocenters. The van der Waals surface area contributed by atoms with E-state index in [9.17, 15) is 9.59 Å². The van der Waals surface area contributed by atoms with Crippen LogP contribution in [0.4, 0.5) is 11.4 Å². The van der Waals surface area contributed by atoms with Gasteiger partial charge in [0.1, 0.15) is 0 Å². The number of carbonyl (C=O) groups is 2. The summed E-state index contributed by atoms with van der Waals surface area (Å²) in [5.74, 6) is 0.564. The van der Waals surface area contributed by atoms with Crippen molar-refractivity contribution in [3.63, 3.8) is 0 Å². The molecule has 2 saturated heterocycles. The van der Waals surface area contributed by atoms with Gasteiger partial charge in [-0.25, -0.2) is 0 Å². The summed E-state index contributed by atoms with van der Waals surface area (Å²) < 4.78 is 0. The number of hydrogen-bond acceptors (Lipinski definition) is 5. The molecule has 0 radical (unpaired) electrons. The van der Waals surface area contributed by atoms with Crippen LogP contribution in [-0.2, 0) is 0 Å². The zero-order chi connectivity index (χ0) is 27.9. The predicted molar refractivity (Wildman–Crippen MR) is 155 cm³/mol. The fraction of sp³-hybridized carbons (Fsp3) is 0.241. The van der Waals surface area contributed by atoms with Crippen LogP contribution in [-0.4, -0.2) is 67.1 Å². The Morgan fingerprint density at radius 2 is 1.13 bits per heavy atom. The van der Waals surface area contributed by atoms with Gasteiger partial charge in [0.05, 0.1) is 6.34 Å². The van der Waals surface area contributed by atoms with Gasteiger partial charge in [-0.3, -0.25) is 20.4 Å². The smallest absolute Gasteiger partial charge is 0.255 e. The van der Waals surface area contributed by atoms with Crippen LogP contribution < -0.4 is 22.1 Å². The van der Waals surface area contributed by atoms with Crippen LogP contribution in [0.2, 0.25) is 0 Å². The standard InChI is InChI=1S/C28H30N6O2.CH4N2/c1-33-14-22(15-33)18-6-10-24(11-7-18)31-26(35)20-2-4-21(5-3-20)27(36)32-25-12-8-19(9-13-25)23-16-34(17-23)28(29)30;2-1-3/h2-13,22-23H,14-17H2,1H3,(H3,29,30)(H,31,35)(H,32,36);1H,(H3,2,3). The van der Waals surface area contributed by atoms with Crippen LogP contribution >= 0.6 is 0 Å². The summed E-state index contributed by atoms with van der Waals surface area (Å²) in [6.45, 7) is 3.62. The number of nitrogens with one attached hydrogen (secondary N) is 4. The van der Waals surface area contributed by atoms with Crippen molar-refractivity contribution in [1.29, 1.82) is 10.8 Å². The molecule has 0 spiro atoms. The van der Waals surface area contributed by atoms with Gasteiger partial charge in [-0.05, 0) is 66.7 Å². The number of hydrogen-bond donors (Lipinski definition) is 6. The van der Waals surface area contributed by atoms with Gasteiger partial charge in [-0.15, -0.1) is 0 Å². The van der Waals surface area contributed by atoms with Gasteiger partial charge in [0.25, 0.3) is 11.8 Å². The molecule has 2 fully saturated rings.